The lowest BCUT2D eigenvalue weighted by Crippen LogP contribution is -2.28. The Morgan fingerprint density at radius 1 is 1.57 bits per heavy atom. The Morgan fingerprint density at radius 2 is 2.00 bits per heavy atom. The molecule has 44 valence electrons. The zero-order valence-corrected chi connectivity index (χ0v) is 4.82. The number of halogens is 1. The molecule has 0 fully saturated rings. The molecule has 2 heteroatoms. The second-order valence-corrected chi connectivity index (χ2v) is 2.06. The van der Waals surface area contributed by atoms with Crippen molar-refractivity contribution in [3.05, 3.63) is 0 Å². The molecule has 0 heterocycles. The first-order chi connectivity index (χ1) is 3.18. The Morgan fingerprint density at radius 3 is 2.00 bits per heavy atom. The maximum Gasteiger partial charge on any atom is 0.105 e. The molecule has 0 unspecified atom stereocenters. The van der Waals surface area contributed by atoms with Crippen molar-refractivity contribution in [3.63, 3.8) is 0 Å². The van der Waals surface area contributed by atoms with E-state index in [0.29, 0.717) is 0 Å². The standard InChI is InChI=1S/C5H12FN/c1-4(2)5(7)3-6/h4-5H,3,7H2,1-2H3/t5-/m1/s1. The SMILES string of the molecule is CC(C)[C@H](N)CF. The van der Waals surface area contributed by atoms with E-state index >= 15 is 0 Å². The molecule has 2 N–H and O–H groups in total. The molecular formula is C5H12FN. The Bertz CT molecular complexity index is 45.3. The van der Waals surface area contributed by atoms with Crippen LogP contribution >= 0.6 is 0 Å². The minimum atomic E-state index is -0.405. The summed E-state index contributed by atoms with van der Waals surface area (Å²) in [6.07, 6.45) is 0. The molecule has 0 spiro atoms. The van der Waals surface area contributed by atoms with Gasteiger partial charge in [-0.05, 0) is 5.92 Å². The Hall–Kier alpha value is -0.110. The Balaban J connectivity index is 3.14. The lowest BCUT2D eigenvalue weighted by Gasteiger charge is -2.08. The highest BCUT2D eigenvalue weighted by Gasteiger charge is 2.04. The second kappa shape index (κ2) is 2.97. The van der Waals surface area contributed by atoms with Crippen molar-refractivity contribution in [3.8, 4) is 0 Å². The maximum atomic E-state index is 11.5. The molecule has 7 heavy (non-hydrogen) atoms. The largest absolute Gasteiger partial charge is 0.325 e. The van der Waals surface area contributed by atoms with E-state index in [-0.39, 0.29) is 12.0 Å². The van der Waals surface area contributed by atoms with Crippen molar-refractivity contribution in [2.24, 2.45) is 11.7 Å². The molecule has 0 aliphatic rings. The van der Waals surface area contributed by atoms with Crippen LogP contribution in [0.1, 0.15) is 13.8 Å². The van der Waals surface area contributed by atoms with Crippen molar-refractivity contribution in [2.75, 3.05) is 6.67 Å². The average molecular weight is 105 g/mol. The van der Waals surface area contributed by atoms with Crippen LogP contribution in [0.3, 0.4) is 0 Å². The van der Waals surface area contributed by atoms with Gasteiger partial charge in [-0.2, -0.15) is 0 Å². The molecule has 1 atom stereocenters. The van der Waals surface area contributed by atoms with E-state index in [0.717, 1.165) is 0 Å². The van der Waals surface area contributed by atoms with E-state index in [4.69, 9.17) is 5.73 Å². The topological polar surface area (TPSA) is 26.0 Å². The van der Waals surface area contributed by atoms with Gasteiger partial charge in [0.25, 0.3) is 0 Å². The summed E-state index contributed by atoms with van der Waals surface area (Å²) in [6, 6.07) is -0.264. The van der Waals surface area contributed by atoms with Crippen LogP contribution in [-0.2, 0) is 0 Å². The fourth-order valence-corrected chi connectivity index (χ4v) is 0.178. The van der Waals surface area contributed by atoms with Crippen LogP contribution in [0.15, 0.2) is 0 Å². The fraction of sp³-hybridized carbons (Fsp3) is 1.00. The van der Waals surface area contributed by atoms with Gasteiger partial charge in [0, 0.05) is 6.04 Å². The van der Waals surface area contributed by atoms with Gasteiger partial charge in [0.1, 0.15) is 6.67 Å². The maximum absolute atomic E-state index is 11.5. The van der Waals surface area contributed by atoms with Crippen LogP contribution in [0.2, 0.25) is 0 Å². The molecule has 0 aliphatic carbocycles. The zero-order valence-electron chi connectivity index (χ0n) is 4.82. The van der Waals surface area contributed by atoms with Gasteiger partial charge < -0.3 is 5.73 Å². The predicted octanol–water partition coefficient (Wildman–Crippen LogP) is 0.939. The van der Waals surface area contributed by atoms with E-state index in [1.54, 1.807) is 0 Å². The van der Waals surface area contributed by atoms with Crippen LogP contribution in [0.25, 0.3) is 0 Å². The third-order valence-electron chi connectivity index (χ3n) is 1.03. The number of hydrogen-bond donors (Lipinski definition) is 1. The van der Waals surface area contributed by atoms with E-state index in [1.807, 2.05) is 13.8 Å². The summed E-state index contributed by atoms with van der Waals surface area (Å²) in [5.41, 5.74) is 5.24. The van der Waals surface area contributed by atoms with Gasteiger partial charge in [0.05, 0.1) is 0 Å². The van der Waals surface area contributed by atoms with Crippen molar-refractivity contribution in [1.82, 2.24) is 0 Å². The first-order valence-electron chi connectivity index (χ1n) is 2.50. The molecule has 0 aromatic rings. The molecule has 0 amide bonds. The van der Waals surface area contributed by atoms with Gasteiger partial charge in [0.2, 0.25) is 0 Å². The molecule has 0 saturated carbocycles. The highest BCUT2D eigenvalue weighted by atomic mass is 19.1. The van der Waals surface area contributed by atoms with Gasteiger partial charge in [-0.15, -0.1) is 0 Å². The zero-order chi connectivity index (χ0) is 5.86. The lowest BCUT2D eigenvalue weighted by molar-refractivity contribution is 0.365. The van der Waals surface area contributed by atoms with E-state index in [1.165, 1.54) is 0 Å². The monoisotopic (exact) mass is 105 g/mol. The van der Waals surface area contributed by atoms with Gasteiger partial charge >= 0.3 is 0 Å². The van der Waals surface area contributed by atoms with Crippen LogP contribution in [0.4, 0.5) is 4.39 Å². The summed E-state index contributed by atoms with van der Waals surface area (Å²) in [4.78, 5) is 0. The highest BCUT2D eigenvalue weighted by molar-refractivity contribution is 4.61. The van der Waals surface area contributed by atoms with E-state index < -0.39 is 6.67 Å². The fourth-order valence-electron chi connectivity index (χ4n) is 0.178. The van der Waals surface area contributed by atoms with E-state index in [9.17, 15) is 4.39 Å². The first-order valence-corrected chi connectivity index (χ1v) is 2.50. The van der Waals surface area contributed by atoms with Crippen molar-refractivity contribution in [1.29, 1.82) is 0 Å². The predicted molar refractivity (Wildman–Crippen MR) is 28.8 cm³/mol. The molecule has 0 saturated heterocycles. The highest BCUT2D eigenvalue weighted by Crippen LogP contribution is 1.96. The van der Waals surface area contributed by atoms with Crippen LogP contribution < -0.4 is 5.73 Å². The van der Waals surface area contributed by atoms with Gasteiger partial charge in [-0.3, -0.25) is 0 Å². The van der Waals surface area contributed by atoms with Gasteiger partial charge in [0.15, 0.2) is 0 Å². The molecule has 1 nitrogen and oxygen atoms in total. The Kier molecular flexibility index (Phi) is 2.92. The number of nitrogens with two attached hydrogens (primary N) is 1. The van der Waals surface area contributed by atoms with Gasteiger partial charge in [-0.1, -0.05) is 13.8 Å². The Labute approximate surface area is 43.7 Å². The molecule has 0 aliphatic heterocycles. The van der Waals surface area contributed by atoms with Crippen molar-refractivity contribution >= 4 is 0 Å². The minimum absolute atomic E-state index is 0.264. The summed E-state index contributed by atoms with van der Waals surface area (Å²) < 4.78 is 11.5. The summed E-state index contributed by atoms with van der Waals surface area (Å²) in [5, 5.41) is 0. The third-order valence-corrected chi connectivity index (χ3v) is 1.03. The quantitative estimate of drug-likeness (QED) is 0.555. The molecule has 0 bridgehead atoms. The van der Waals surface area contributed by atoms with Crippen LogP contribution in [-0.4, -0.2) is 12.7 Å². The molecular weight excluding hydrogens is 93.1 g/mol. The lowest BCUT2D eigenvalue weighted by atomic mass is 10.1. The van der Waals surface area contributed by atoms with Gasteiger partial charge in [-0.25, -0.2) is 4.39 Å². The molecule has 0 rings (SSSR count). The van der Waals surface area contributed by atoms with Crippen molar-refractivity contribution in [2.45, 2.75) is 19.9 Å². The van der Waals surface area contributed by atoms with Crippen LogP contribution in [0.5, 0.6) is 0 Å². The van der Waals surface area contributed by atoms with Crippen LogP contribution in [0, 0.1) is 5.92 Å². The first kappa shape index (κ1) is 6.89. The molecule has 0 aromatic heterocycles. The third kappa shape index (κ3) is 2.57. The number of alkyl halides is 1. The molecule has 0 radical (unpaired) electrons. The molecule has 0 aromatic carbocycles. The number of hydrogen-bond acceptors (Lipinski definition) is 1. The minimum Gasteiger partial charge on any atom is -0.325 e. The summed E-state index contributed by atoms with van der Waals surface area (Å²) in [5.74, 6) is 0.269. The van der Waals surface area contributed by atoms with E-state index in [2.05, 4.69) is 0 Å². The smallest absolute Gasteiger partial charge is 0.105 e. The summed E-state index contributed by atoms with van der Waals surface area (Å²) >= 11 is 0. The normalized spacial score (nSPS) is 15.0. The second-order valence-electron chi connectivity index (χ2n) is 2.06. The summed E-state index contributed by atoms with van der Waals surface area (Å²) in [7, 11) is 0. The van der Waals surface area contributed by atoms with Crippen molar-refractivity contribution < 1.29 is 4.39 Å². The summed E-state index contributed by atoms with van der Waals surface area (Å²) in [6.45, 7) is 3.41. The average Bonchev–Trinajstić information content (AvgIpc) is 1.65. The number of rotatable bonds is 2.